The largest absolute Gasteiger partial charge is 0.396 e. The van der Waals surface area contributed by atoms with E-state index in [1.165, 1.54) is 12.1 Å². The molecule has 0 radical (unpaired) electrons. The van der Waals surface area contributed by atoms with Crippen LogP contribution in [-0.4, -0.2) is 24.2 Å². The fraction of sp³-hybridized carbons (Fsp3) is 0.417. The molecule has 0 aliphatic carbocycles. The molecule has 0 aliphatic heterocycles. The molecule has 16 heavy (non-hydrogen) atoms. The Hall–Kier alpha value is -1.42. The van der Waals surface area contributed by atoms with E-state index in [2.05, 4.69) is 5.32 Å². The summed E-state index contributed by atoms with van der Waals surface area (Å²) in [6, 6.07) is 5.84. The van der Waals surface area contributed by atoms with Crippen LogP contribution < -0.4 is 5.32 Å². The highest BCUT2D eigenvalue weighted by atomic mass is 19.1. The van der Waals surface area contributed by atoms with Gasteiger partial charge in [0.25, 0.3) is 0 Å². The van der Waals surface area contributed by atoms with Crippen LogP contribution in [0.1, 0.15) is 12.5 Å². The molecule has 0 aliphatic rings. The summed E-state index contributed by atoms with van der Waals surface area (Å²) in [7, 11) is 0. The first kappa shape index (κ1) is 12.6. The van der Waals surface area contributed by atoms with Gasteiger partial charge in [0, 0.05) is 13.2 Å². The zero-order valence-corrected chi connectivity index (χ0v) is 9.24. The van der Waals surface area contributed by atoms with Gasteiger partial charge in [-0.05, 0) is 23.6 Å². The van der Waals surface area contributed by atoms with Crippen molar-refractivity contribution in [1.82, 2.24) is 5.32 Å². The van der Waals surface area contributed by atoms with Crippen LogP contribution in [0.3, 0.4) is 0 Å². The van der Waals surface area contributed by atoms with E-state index in [9.17, 15) is 9.18 Å². The van der Waals surface area contributed by atoms with Gasteiger partial charge in [-0.15, -0.1) is 0 Å². The maximum Gasteiger partial charge on any atom is 0.224 e. The van der Waals surface area contributed by atoms with Crippen molar-refractivity contribution in [3.05, 3.63) is 35.6 Å². The molecule has 0 heterocycles. The predicted octanol–water partition coefficient (Wildman–Crippen LogP) is 1.11. The van der Waals surface area contributed by atoms with Crippen LogP contribution in [0.25, 0.3) is 0 Å². The fourth-order valence-corrected chi connectivity index (χ4v) is 1.20. The van der Waals surface area contributed by atoms with Gasteiger partial charge in [-0.1, -0.05) is 19.1 Å². The molecule has 1 aromatic rings. The number of carbonyl (C=O) groups is 1. The van der Waals surface area contributed by atoms with Gasteiger partial charge in [0.15, 0.2) is 0 Å². The second kappa shape index (κ2) is 6.23. The van der Waals surface area contributed by atoms with E-state index in [0.717, 1.165) is 5.56 Å². The first-order valence-electron chi connectivity index (χ1n) is 5.24. The van der Waals surface area contributed by atoms with Crippen molar-refractivity contribution in [2.45, 2.75) is 13.3 Å². The second-order valence-electron chi connectivity index (χ2n) is 3.90. The van der Waals surface area contributed by atoms with E-state index in [-0.39, 0.29) is 30.7 Å². The highest BCUT2D eigenvalue weighted by Crippen LogP contribution is 2.03. The van der Waals surface area contributed by atoms with Crippen molar-refractivity contribution >= 4 is 5.91 Å². The molecule has 1 unspecified atom stereocenters. The van der Waals surface area contributed by atoms with Crippen LogP contribution in [0.15, 0.2) is 24.3 Å². The molecule has 88 valence electrons. The molecule has 1 rings (SSSR count). The van der Waals surface area contributed by atoms with Crippen molar-refractivity contribution in [2.24, 2.45) is 5.92 Å². The first-order chi connectivity index (χ1) is 7.61. The number of aliphatic hydroxyl groups excluding tert-OH is 1. The van der Waals surface area contributed by atoms with Gasteiger partial charge in [0.05, 0.1) is 6.42 Å². The zero-order chi connectivity index (χ0) is 12.0. The van der Waals surface area contributed by atoms with E-state index >= 15 is 0 Å². The quantitative estimate of drug-likeness (QED) is 0.788. The number of benzene rings is 1. The monoisotopic (exact) mass is 225 g/mol. The minimum atomic E-state index is -0.307. The van der Waals surface area contributed by atoms with Crippen LogP contribution in [0.2, 0.25) is 0 Å². The molecule has 0 saturated heterocycles. The molecule has 3 nitrogen and oxygen atoms in total. The number of carbonyl (C=O) groups excluding carboxylic acids is 1. The van der Waals surface area contributed by atoms with E-state index in [1.54, 1.807) is 12.1 Å². The van der Waals surface area contributed by atoms with Crippen LogP contribution in [-0.2, 0) is 11.2 Å². The number of aliphatic hydroxyl groups is 1. The standard InChI is InChI=1S/C12H16FNO2/c1-9(8-15)7-14-12(16)6-10-2-4-11(13)5-3-10/h2-5,9,15H,6-8H2,1H3,(H,14,16). The molecule has 0 bridgehead atoms. The Kier molecular flexibility index (Phi) is 4.92. The molecule has 4 heteroatoms. The van der Waals surface area contributed by atoms with Crippen LogP contribution >= 0.6 is 0 Å². The summed E-state index contributed by atoms with van der Waals surface area (Å²) in [6.07, 6.45) is 0.235. The third-order valence-electron chi connectivity index (χ3n) is 2.24. The number of halogens is 1. The minimum Gasteiger partial charge on any atom is -0.396 e. The Labute approximate surface area is 94.3 Å². The van der Waals surface area contributed by atoms with Crippen LogP contribution in [0, 0.1) is 11.7 Å². The maximum atomic E-state index is 12.6. The van der Waals surface area contributed by atoms with Crippen molar-refractivity contribution in [1.29, 1.82) is 0 Å². The molecule has 1 aromatic carbocycles. The SMILES string of the molecule is CC(CO)CNC(=O)Cc1ccc(F)cc1. The smallest absolute Gasteiger partial charge is 0.224 e. The molecule has 0 fully saturated rings. The number of hydrogen-bond acceptors (Lipinski definition) is 2. The Morgan fingerprint density at radius 2 is 2.06 bits per heavy atom. The van der Waals surface area contributed by atoms with Crippen molar-refractivity contribution in [3.8, 4) is 0 Å². The van der Waals surface area contributed by atoms with Gasteiger partial charge >= 0.3 is 0 Å². The number of rotatable bonds is 5. The third kappa shape index (κ3) is 4.40. The van der Waals surface area contributed by atoms with Crippen LogP contribution in [0.4, 0.5) is 4.39 Å². The number of amides is 1. The summed E-state index contributed by atoms with van der Waals surface area (Å²) in [6.45, 7) is 2.35. The van der Waals surface area contributed by atoms with E-state index in [4.69, 9.17) is 5.11 Å². The zero-order valence-electron chi connectivity index (χ0n) is 9.24. The average molecular weight is 225 g/mol. The number of nitrogens with one attached hydrogen (secondary N) is 1. The Balaban J connectivity index is 2.37. The van der Waals surface area contributed by atoms with Crippen molar-refractivity contribution in [3.63, 3.8) is 0 Å². The average Bonchev–Trinajstić information content (AvgIpc) is 2.29. The molecule has 0 aromatic heterocycles. The predicted molar refractivity (Wildman–Crippen MR) is 59.4 cm³/mol. The van der Waals surface area contributed by atoms with Gasteiger partial charge in [-0.2, -0.15) is 0 Å². The van der Waals surface area contributed by atoms with Crippen molar-refractivity contribution in [2.75, 3.05) is 13.2 Å². The lowest BCUT2D eigenvalue weighted by Crippen LogP contribution is -2.30. The summed E-state index contributed by atoms with van der Waals surface area (Å²) in [5, 5.41) is 11.5. The normalized spacial score (nSPS) is 12.2. The molecular weight excluding hydrogens is 209 g/mol. The molecule has 1 amide bonds. The number of hydrogen-bond donors (Lipinski definition) is 2. The summed E-state index contributed by atoms with van der Waals surface area (Å²) < 4.78 is 12.6. The lowest BCUT2D eigenvalue weighted by molar-refractivity contribution is -0.120. The lowest BCUT2D eigenvalue weighted by Gasteiger charge is -2.09. The van der Waals surface area contributed by atoms with Gasteiger partial charge in [-0.3, -0.25) is 4.79 Å². The van der Waals surface area contributed by atoms with Gasteiger partial charge in [0.2, 0.25) is 5.91 Å². The molecule has 0 saturated carbocycles. The fourth-order valence-electron chi connectivity index (χ4n) is 1.20. The van der Waals surface area contributed by atoms with Gasteiger partial charge < -0.3 is 10.4 Å². The Morgan fingerprint density at radius 3 is 2.62 bits per heavy atom. The first-order valence-corrected chi connectivity index (χ1v) is 5.24. The molecule has 1 atom stereocenters. The Morgan fingerprint density at radius 1 is 1.44 bits per heavy atom. The summed E-state index contributed by atoms with van der Waals surface area (Å²) in [4.78, 5) is 11.4. The molecule has 0 spiro atoms. The van der Waals surface area contributed by atoms with Gasteiger partial charge in [-0.25, -0.2) is 4.39 Å². The third-order valence-corrected chi connectivity index (χ3v) is 2.24. The van der Waals surface area contributed by atoms with Crippen molar-refractivity contribution < 1.29 is 14.3 Å². The summed E-state index contributed by atoms with van der Waals surface area (Å²) in [5.74, 6) is -0.373. The maximum absolute atomic E-state index is 12.6. The lowest BCUT2D eigenvalue weighted by atomic mass is 10.1. The van der Waals surface area contributed by atoms with E-state index < -0.39 is 0 Å². The topological polar surface area (TPSA) is 49.3 Å². The highest BCUT2D eigenvalue weighted by molar-refractivity contribution is 5.78. The summed E-state index contributed by atoms with van der Waals surface area (Å²) in [5.41, 5.74) is 0.774. The van der Waals surface area contributed by atoms with E-state index in [1.807, 2.05) is 6.92 Å². The summed E-state index contributed by atoms with van der Waals surface area (Å²) >= 11 is 0. The van der Waals surface area contributed by atoms with E-state index in [0.29, 0.717) is 6.54 Å². The Bertz CT molecular complexity index is 337. The highest BCUT2D eigenvalue weighted by Gasteiger charge is 2.05. The molecular formula is C12H16FNO2. The second-order valence-corrected chi connectivity index (χ2v) is 3.90. The minimum absolute atomic E-state index is 0.0524. The van der Waals surface area contributed by atoms with Gasteiger partial charge in [0.1, 0.15) is 5.82 Å². The molecule has 2 N–H and O–H groups in total. The van der Waals surface area contributed by atoms with Crippen LogP contribution in [0.5, 0.6) is 0 Å².